The molecule has 0 radical (unpaired) electrons. The predicted molar refractivity (Wildman–Crippen MR) is 83.3 cm³/mol. The number of ether oxygens (including phenoxy) is 2. The van der Waals surface area contributed by atoms with Gasteiger partial charge in [0.2, 0.25) is 0 Å². The summed E-state index contributed by atoms with van der Waals surface area (Å²) in [7, 11) is 1.46. The summed E-state index contributed by atoms with van der Waals surface area (Å²) in [5, 5.41) is 2.65. The van der Waals surface area contributed by atoms with E-state index >= 15 is 0 Å². The summed E-state index contributed by atoms with van der Waals surface area (Å²) < 4.78 is 49.3. The fourth-order valence-corrected chi connectivity index (χ4v) is 2.67. The number of anilines is 1. The molecule has 8 heteroatoms. The molecule has 1 aromatic rings. The summed E-state index contributed by atoms with van der Waals surface area (Å²) in [6.07, 6.45) is -6.54. The topological polar surface area (TPSA) is 50.8 Å². The summed E-state index contributed by atoms with van der Waals surface area (Å²) in [5.74, 6) is 0.447. The monoisotopic (exact) mass is 346 g/mol. The van der Waals surface area contributed by atoms with Crippen molar-refractivity contribution in [3.63, 3.8) is 0 Å². The lowest BCUT2D eigenvalue weighted by atomic mass is 10.1. The smallest absolute Gasteiger partial charge is 0.416 e. The van der Waals surface area contributed by atoms with Crippen LogP contribution in [-0.2, 0) is 4.74 Å². The van der Waals surface area contributed by atoms with Gasteiger partial charge in [-0.2, -0.15) is 13.2 Å². The van der Waals surface area contributed by atoms with Gasteiger partial charge in [0, 0.05) is 0 Å². The molecule has 0 aliphatic carbocycles. The molecule has 0 bridgehead atoms. The summed E-state index contributed by atoms with van der Waals surface area (Å²) in [5.41, 5.74) is 0.103. The lowest BCUT2D eigenvalue weighted by Crippen LogP contribution is -2.59. The van der Waals surface area contributed by atoms with Crippen LogP contribution in [0, 0.1) is 6.92 Å². The van der Waals surface area contributed by atoms with Crippen molar-refractivity contribution < 1.29 is 27.4 Å². The zero-order valence-corrected chi connectivity index (χ0v) is 14.0. The average Bonchev–Trinajstić information content (AvgIpc) is 2.46. The molecule has 24 heavy (non-hydrogen) atoms. The Morgan fingerprint density at radius 3 is 2.67 bits per heavy atom. The molecule has 0 unspecified atom stereocenters. The van der Waals surface area contributed by atoms with E-state index in [4.69, 9.17) is 9.47 Å². The molecule has 5 nitrogen and oxygen atoms in total. The van der Waals surface area contributed by atoms with Crippen LogP contribution in [0.5, 0.6) is 5.75 Å². The number of hydrogen-bond acceptors (Lipinski definition) is 3. The molecule has 1 fully saturated rings. The lowest BCUT2D eigenvalue weighted by Gasteiger charge is -2.43. The maximum atomic E-state index is 13.0. The Balaban J connectivity index is 2.20. The fraction of sp³-hybridized carbons (Fsp3) is 0.562. The van der Waals surface area contributed by atoms with E-state index < -0.39 is 30.5 Å². The third-order valence-corrected chi connectivity index (χ3v) is 3.76. The Labute approximate surface area is 138 Å². The van der Waals surface area contributed by atoms with E-state index in [-0.39, 0.29) is 6.54 Å². The van der Waals surface area contributed by atoms with Crippen molar-refractivity contribution in [2.75, 3.05) is 25.5 Å². The fourth-order valence-electron chi connectivity index (χ4n) is 2.67. The van der Waals surface area contributed by atoms with Crippen molar-refractivity contribution >= 4 is 11.7 Å². The summed E-state index contributed by atoms with van der Waals surface area (Å²) >= 11 is 0. The first kappa shape index (κ1) is 18.4. The predicted octanol–water partition coefficient (Wildman–Crippen LogP) is 3.58. The number of amides is 2. The molecule has 1 saturated heterocycles. The minimum Gasteiger partial charge on any atom is -0.495 e. The Bertz CT molecular complexity index is 617. The van der Waals surface area contributed by atoms with Crippen LogP contribution >= 0.6 is 0 Å². The Kier molecular flexibility index (Phi) is 4.98. The second-order valence-electron chi connectivity index (χ2n) is 6.37. The minimum atomic E-state index is -4.53. The highest BCUT2D eigenvalue weighted by Crippen LogP contribution is 2.33. The van der Waals surface area contributed by atoms with Crippen LogP contribution in [0.15, 0.2) is 18.2 Å². The number of rotatable bonds is 2. The number of alkyl halides is 3. The molecule has 1 aliphatic rings. The highest BCUT2D eigenvalue weighted by molar-refractivity contribution is 5.92. The SMILES string of the molecule is COc1cccc(C)c1NC(=O)N1C[C@H](C(F)(F)F)OC(C)(C)C1. The second kappa shape index (κ2) is 6.51. The number of morpholine rings is 1. The first-order valence-electron chi connectivity index (χ1n) is 7.47. The minimum absolute atomic E-state index is 0.0552. The largest absolute Gasteiger partial charge is 0.495 e. The van der Waals surface area contributed by atoms with Crippen molar-refractivity contribution in [2.45, 2.75) is 38.7 Å². The molecular formula is C16H21F3N2O3. The number of para-hydroxylation sites is 1. The van der Waals surface area contributed by atoms with Crippen LogP contribution in [0.4, 0.5) is 23.7 Å². The van der Waals surface area contributed by atoms with Crippen molar-refractivity contribution in [2.24, 2.45) is 0 Å². The molecular weight excluding hydrogens is 325 g/mol. The normalized spacial score (nSPS) is 20.6. The zero-order valence-electron chi connectivity index (χ0n) is 14.0. The van der Waals surface area contributed by atoms with Gasteiger partial charge in [-0.05, 0) is 32.4 Å². The second-order valence-corrected chi connectivity index (χ2v) is 6.37. The van der Waals surface area contributed by atoms with Crippen LogP contribution in [0.25, 0.3) is 0 Å². The van der Waals surface area contributed by atoms with E-state index in [9.17, 15) is 18.0 Å². The van der Waals surface area contributed by atoms with Crippen LogP contribution in [0.1, 0.15) is 19.4 Å². The Morgan fingerprint density at radius 2 is 2.08 bits per heavy atom. The Hall–Kier alpha value is -1.96. The summed E-state index contributed by atoms with van der Waals surface area (Å²) in [4.78, 5) is 13.6. The standard InChI is InChI=1S/C16H21F3N2O3/c1-10-6-5-7-11(23-4)13(10)20-14(22)21-8-12(16(17,18)19)24-15(2,3)9-21/h5-7,12H,8-9H2,1-4H3,(H,20,22)/t12-/m1/s1. The molecule has 2 amide bonds. The van der Waals surface area contributed by atoms with Gasteiger partial charge < -0.3 is 19.7 Å². The van der Waals surface area contributed by atoms with Gasteiger partial charge in [-0.15, -0.1) is 0 Å². The maximum absolute atomic E-state index is 13.0. The highest BCUT2D eigenvalue weighted by atomic mass is 19.4. The molecule has 1 heterocycles. The molecule has 0 aromatic heterocycles. The number of benzene rings is 1. The molecule has 134 valence electrons. The number of carbonyl (C=O) groups excluding carboxylic acids is 1. The van der Waals surface area contributed by atoms with Crippen molar-refractivity contribution in [1.82, 2.24) is 4.90 Å². The zero-order chi connectivity index (χ0) is 18.1. The first-order chi connectivity index (χ1) is 11.0. The van der Waals surface area contributed by atoms with Crippen LogP contribution < -0.4 is 10.1 Å². The average molecular weight is 346 g/mol. The van der Waals surface area contributed by atoms with Crippen LogP contribution in [-0.4, -0.2) is 49.0 Å². The lowest BCUT2D eigenvalue weighted by molar-refractivity contribution is -0.267. The number of halogens is 3. The third-order valence-electron chi connectivity index (χ3n) is 3.76. The van der Waals surface area contributed by atoms with Crippen molar-refractivity contribution in [3.05, 3.63) is 23.8 Å². The number of aryl methyl sites for hydroxylation is 1. The van der Waals surface area contributed by atoms with Gasteiger partial charge in [0.1, 0.15) is 5.75 Å². The van der Waals surface area contributed by atoms with Gasteiger partial charge in [-0.3, -0.25) is 0 Å². The van der Waals surface area contributed by atoms with E-state index in [1.54, 1.807) is 25.1 Å². The number of urea groups is 1. The van der Waals surface area contributed by atoms with Gasteiger partial charge in [-0.1, -0.05) is 12.1 Å². The van der Waals surface area contributed by atoms with Crippen molar-refractivity contribution in [1.29, 1.82) is 0 Å². The van der Waals surface area contributed by atoms with Gasteiger partial charge in [0.25, 0.3) is 0 Å². The van der Waals surface area contributed by atoms with E-state index in [1.807, 2.05) is 0 Å². The van der Waals surface area contributed by atoms with Gasteiger partial charge >= 0.3 is 12.2 Å². The number of methoxy groups -OCH3 is 1. The van der Waals surface area contributed by atoms with Crippen molar-refractivity contribution in [3.8, 4) is 5.75 Å². The third kappa shape index (κ3) is 4.11. The number of nitrogens with one attached hydrogen (secondary N) is 1. The van der Waals surface area contributed by atoms with E-state index in [2.05, 4.69) is 5.32 Å². The molecule has 0 saturated carbocycles. The number of carbonyl (C=O) groups is 1. The van der Waals surface area contributed by atoms with Gasteiger partial charge in [-0.25, -0.2) is 4.79 Å². The van der Waals surface area contributed by atoms with Crippen LogP contribution in [0.2, 0.25) is 0 Å². The molecule has 2 rings (SSSR count). The van der Waals surface area contributed by atoms with Gasteiger partial charge in [0.15, 0.2) is 6.10 Å². The van der Waals surface area contributed by atoms with Gasteiger partial charge in [0.05, 0.1) is 31.5 Å². The Morgan fingerprint density at radius 1 is 1.42 bits per heavy atom. The van der Waals surface area contributed by atoms with E-state index in [1.165, 1.54) is 21.0 Å². The number of nitrogens with zero attached hydrogens (tertiary/aromatic N) is 1. The molecule has 1 aromatic carbocycles. The first-order valence-corrected chi connectivity index (χ1v) is 7.47. The molecule has 1 N–H and O–H groups in total. The summed E-state index contributed by atoms with van der Waals surface area (Å²) in [6, 6.07) is 4.60. The molecule has 1 atom stereocenters. The van der Waals surface area contributed by atoms with Crippen LogP contribution in [0.3, 0.4) is 0 Å². The quantitative estimate of drug-likeness (QED) is 0.891. The molecule has 0 spiro atoms. The van der Waals surface area contributed by atoms with E-state index in [0.717, 1.165) is 10.5 Å². The van der Waals surface area contributed by atoms with E-state index in [0.29, 0.717) is 11.4 Å². The number of hydrogen-bond donors (Lipinski definition) is 1. The molecule has 1 aliphatic heterocycles. The summed E-state index contributed by atoms with van der Waals surface area (Å²) in [6.45, 7) is 4.34. The maximum Gasteiger partial charge on any atom is 0.416 e. The highest BCUT2D eigenvalue weighted by Gasteiger charge is 2.49.